The molecule has 6 rings (SSSR count). The zero-order chi connectivity index (χ0) is 34.2. The molecule has 48 heavy (non-hydrogen) atoms. The normalized spacial score (nSPS) is 21.5. The van der Waals surface area contributed by atoms with Gasteiger partial charge in [-0.15, -0.1) is 6.42 Å². The van der Waals surface area contributed by atoms with Crippen LogP contribution < -0.4 is 20.2 Å². The monoisotopic (exact) mass is 675 g/mol. The summed E-state index contributed by atoms with van der Waals surface area (Å²) in [6.45, 7) is 7.45. The number of carbonyl (C=O) groups is 1. The summed E-state index contributed by atoms with van der Waals surface area (Å²) in [6, 6.07) is 12.3. The number of anilines is 2. The quantitative estimate of drug-likeness (QED) is 0.111. The van der Waals surface area contributed by atoms with E-state index in [1.54, 1.807) is 30.0 Å². The van der Waals surface area contributed by atoms with Crippen LogP contribution in [0.2, 0.25) is 0 Å². The third-order valence-electron chi connectivity index (χ3n) is 8.28. The highest BCUT2D eigenvalue weighted by Gasteiger charge is 2.40. The molecular weight excluding hydrogens is 633 g/mol. The molecule has 14 heteroatoms. The molecule has 2 aromatic carbocycles. The van der Waals surface area contributed by atoms with Crippen molar-refractivity contribution >= 4 is 47.4 Å². The molecular formula is C34H42N7O6P. The maximum atomic E-state index is 14.4. The molecule has 3 heterocycles. The average molecular weight is 676 g/mol. The lowest BCUT2D eigenvalue weighted by molar-refractivity contribution is -0.148. The summed E-state index contributed by atoms with van der Waals surface area (Å²) >= 11 is 0. The van der Waals surface area contributed by atoms with E-state index in [1.807, 2.05) is 58.2 Å². The number of aromatic nitrogens is 4. The Labute approximate surface area is 280 Å². The van der Waals surface area contributed by atoms with Gasteiger partial charge in [0.1, 0.15) is 11.8 Å². The summed E-state index contributed by atoms with van der Waals surface area (Å²) < 4.78 is 40.2. The fraction of sp³-hybridized carbons (Fsp3) is 0.471. The first-order valence-electron chi connectivity index (χ1n) is 16.0. The number of hydrogen-bond acceptors (Lipinski definition) is 11. The average Bonchev–Trinajstić information content (AvgIpc) is 3.69. The van der Waals surface area contributed by atoms with Crippen molar-refractivity contribution in [2.45, 2.75) is 71.4 Å². The van der Waals surface area contributed by atoms with Crippen LogP contribution in [0, 0.1) is 23.7 Å². The molecule has 1 saturated carbocycles. The highest BCUT2D eigenvalue weighted by atomic mass is 31.2. The van der Waals surface area contributed by atoms with E-state index in [9.17, 15) is 9.36 Å². The molecule has 2 aliphatic rings. The minimum Gasteiger partial charge on any atom is -0.464 e. The van der Waals surface area contributed by atoms with Gasteiger partial charge in [-0.1, -0.05) is 63.1 Å². The first kappa shape index (κ1) is 33.7. The number of hydrogen-bond donors (Lipinski definition) is 2. The maximum Gasteiger partial charge on any atom is 0.459 e. The zero-order valence-electron chi connectivity index (χ0n) is 27.8. The standard InChI is InChI=1S/C34H42N7O6P/c1-7-22-17-25(46-31(22)41-20-36-28-29(40(6)24-15-16-24)37-33(35)38-30(28)41)18-45-48(43,39-21(2)32(42)44-19-34(3,4)5)47-27-14-10-12-23-11-8-9-13-26(23)27/h1,8-14,20-22,24-25,31H,15-19H2,2-6H3,(H,39,43)(H2,35,37,38)/t21-,22+,25+,31-,48+/m1/s1. The molecule has 2 fully saturated rings. The van der Waals surface area contributed by atoms with E-state index in [1.165, 1.54) is 0 Å². The van der Waals surface area contributed by atoms with Crippen molar-refractivity contribution in [1.82, 2.24) is 24.6 Å². The van der Waals surface area contributed by atoms with E-state index in [4.69, 9.17) is 30.7 Å². The highest BCUT2D eigenvalue weighted by molar-refractivity contribution is 7.52. The summed E-state index contributed by atoms with van der Waals surface area (Å²) in [7, 11) is -2.22. The molecule has 5 atom stereocenters. The lowest BCUT2D eigenvalue weighted by Gasteiger charge is -2.25. The largest absolute Gasteiger partial charge is 0.464 e. The number of imidazole rings is 1. The molecule has 1 aliphatic heterocycles. The smallest absolute Gasteiger partial charge is 0.459 e. The van der Waals surface area contributed by atoms with Crippen molar-refractivity contribution in [3.8, 4) is 18.1 Å². The third kappa shape index (κ3) is 7.42. The predicted molar refractivity (Wildman–Crippen MR) is 183 cm³/mol. The maximum absolute atomic E-state index is 14.4. The van der Waals surface area contributed by atoms with Crippen LogP contribution in [-0.2, 0) is 23.4 Å². The third-order valence-corrected chi connectivity index (χ3v) is 9.91. The molecule has 1 aliphatic carbocycles. The summed E-state index contributed by atoms with van der Waals surface area (Å²) in [4.78, 5) is 28.5. The fourth-order valence-corrected chi connectivity index (χ4v) is 7.17. The summed E-state index contributed by atoms with van der Waals surface area (Å²) in [6.07, 6.45) is 8.94. The number of fused-ring (bicyclic) bond motifs is 2. The van der Waals surface area contributed by atoms with E-state index >= 15 is 0 Å². The van der Waals surface area contributed by atoms with Gasteiger partial charge < -0.3 is 24.6 Å². The van der Waals surface area contributed by atoms with Gasteiger partial charge in [-0.2, -0.15) is 15.1 Å². The van der Waals surface area contributed by atoms with Gasteiger partial charge in [-0.25, -0.2) is 9.55 Å². The molecule has 0 radical (unpaired) electrons. The van der Waals surface area contributed by atoms with Gasteiger partial charge in [0.05, 0.1) is 31.6 Å². The lowest BCUT2D eigenvalue weighted by atomic mass is 9.99. The Balaban J connectivity index is 1.22. The van der Waals surface area contributed by atoms with Crippen LogP contribution in [0.25, 0.3) is 21.9 Å². The molecule has 0 amide bonds. The second kappa shape index (κ2) is 13.4. The number of nitrogens with one attached hydrogen (secondary N) is 1. The number of rotatable bonds is 12. The van der Waals surface area contributed by atoms with Crippen LogP contribution >= 0.6 is 7.75 Å². The fourth-order valence-electron chi connectivity index (χ4n) is 5.63. The number of ether oxygens (including phenoxy) is 2. The number of nitrogen functional groups attached to an aromatic ring is 1. The first-order valence-corrected chi connectivity index (χ1v) is 17.6. The number of terminal acetylenes is 1. The molecule has 0 spiro atoms. The van der Waals surface area contributed by atoms with Crippen molar-refractivity contribution in [1.29, 1.82) is 0 Å². The minimum absolute atomic E-state index is 0.120. The van der Waals surface area contributed by atoms with Crippen LogP contribution in [0.1, 0.15) is 53.2 Å². The van der Waals surface area contributed by atoms with Crippen molar-refractivity contribution in [2.24, 2.45) is 11.3 Å². The number of carbonyl (C=O) groups excluding carboxylic acids is 1. The summed E-state index contributed by atoms with van der Waals surface area (Å²) in [5.74, 6) is 2.96. The predicted octanol–water partition coefficient (Wildman–Crippen LogP) is 5.47. The lowest BCUT2D eigenvalue weighted by Crippen LogP contribution is -2.37. The van der Waals surface area contributed by atoms with Gasteiger partial charge in [0.15, 0.2) is 23.2 Å². The Morgan fingerprint density at radius 1 is 1.23 bits per heavy atom. The summed E-state index contributed by atoms with van der Waals surface area (Å²) in [5.41, 5.74) is 6.98. The van der Waals surface area contributed by atoms with Crippen LogP contribution in [0.15, 0.2) is 48.8 Å². The van der Waals surface area contributed by atoms with E-state index in [0.29, 0.717) is 35.2 Å². The molecule has 0 unspecified atom stereocenters. The number of benzene rings is 2. The van der Waals surface area contributed by atoms with E-state index in [-0.39, 0.29) is 30.5 Å². The highest BCUT2D eigenvalue weighted by Crippen LogP contribution is 2.48. The molecule has 4 aromatic rings. The second-order valence-corrected chi connectivity index (χ2v) is 15.3. The SMILES string of the molecule is C#C[C@H]1C[C@@H](CO[P@@](=O)(N[C@H](C)C(=O)OCC(C)(C)C)Oc2cccc3ccccc23)O[C@H]1n1cnc2c(N(C)C3CC3)nc(N)nc21. The van der Waals surface area contributed by atoms with Crippen LogP contribution in [-0.4, -0.2) is 63.9 Å². The van der Waals surface area contributed by atoms with Gasteiger partial charge in [-0.05, 0) is 43.1 Å². The number of nitrogens with two attached hydrogens (primary N) is 1. The van der Waals surface area contributed by atoms with Crippen LogP contribution in [0.3, 0.4) is 0 Å². The Morgan fingerprint density at radius 3 is 2.71 bits per heavy atom. The number of nitrogens with zero attached hydrogens (tertiary/aromatic N) is 5. The molecule has 2 aromatic heterocycles. The van der Waals surface area contributed by atoms with E-state index in [2.05, 4.69) is 30.9 Å². The van der Waals surface area contributed by atoms with Crippen molar-refractivity contribution < 1.29 is 27.9 Å². The van der Waals surface area contributed by atoms with Gasteiger partial charge >= 0.3 is 13.7 Å². The van der Waals surface area contributed by atoms with Gasteiger partial charge in [0.2, 0.25) is 5.95 Å². The molecule has 254 valence electrons. The van der Waals surface area contributed by atoms with Crippen molar-refractivity contribution in [2.75, 3.05) is 30.9 Å². The van der Waals surface area contributed by atoms with Crippen molar-refractivity contribution in [3.05, 3.63) is 48.8 Å². The van der Waals surface area contributed by atoms with Crippen molar-refractivity contribution in [3.63, 3.8) is 0 Å². The molecule has 1 saturated heterocycles. The Hall–Kier alpha value is -4.21. The van der Waals surface area contributed by atoms with E-state index < -0.39 is 32.1 Å². The Morgan fingerprint density at radius 2 is 1.98 bits per heavy atom. The Bertz CT molecular complexity index is 1890. The second-order valence-electron chi connectivity index (χ2n) is 13.6. The van der Waals surface area contributed by atoms with Gasteiger partial charge in [0.25, 0.3) is 0 Å². The van der Waals surface area contributed by atoms with Gasteiger partial charge in [0, 0.05) is 18.5 Å². The molecule has 3 N–H and O–H groups in total. The molecule has 0 bridgehead atoms. The van der Waals surface area contributed by atoms with E-state index in [0.717, 1.165) is 23.6 Å². The van der Waals surface area contributed by atoms with Crippen LogP contribution in [0.4, 0.5) is 11.8 Å². The zero-order valence-corrected chi connectivity index (χ0v) is 28.7. The molecule has 13 nitrogen and oxygen atoms in total. The van der Waals surface area contributed by atoms with Gasteiger partial charge in [-0.3, -0.25) is 13.9 Å². The topological polar surface area (TPSA) is 156 Å². The Kier molecular flexibility index (Phi) is 9.37. The minimum atomic E-state index is -4.19. The van der Waals surface area contributed by atoms with Crippen LogP contribution in [0.5, 0.6) is 5.75 Å². The first-order chi connectivity index (χ1) is 22.8. The number of esters is 1. The summed E-state index contributed by atoms with van der Waals surface area (Å²) in [5, 5.41) is 4.41.